The molecule has 24 heavy (non-hydrogen) atoms. The van der Waals surface area contributed by atoms with Gasteiger partial charge in [0.1, 0.15) is 11.5 Å². The van der Waals surface area contributed by atoms with Gasteiger partial charge in [-0.3, -0.25) is 9.78 Å². The highest BCUT2D eigenvalue weighted by atomic mass is 19.1. The number of aromatic nitrogens is 3. The molecule has 3 rings (SSSR count). The van der Waals surface area contributed by atoms with E-state index < -0.39 is 5.82 Å². The van der Waals surface area contributed by atoms with Gasteiger partial charge in [-0.25, -0.2) is 4.39 Å². The number of anilines is 1. The first kappa shape index (κ1) is 15.8. The third-order valence-electron chi connectivity index (χ3n) is 3.32. The van der Waals surface area contributed by atoms with Gasteiger partial charge in [-0.1, -0.05) is 17.3 Å². The summed E-state index contributed by atoms with van der Waals surface area (Å²) in [6.45, 7) is 1.83. The molecule has 0 aliphatic rings. The highest BCUT2D eigenvalue weighted by Gasteiger charge is 2.12. The van der Waals surface area contributed by atoms with Gasteiger partial charge >= 0.3 is 0 Å². The molecule has 1 amide bonds. The third-order valence-corrected chi connectivity index (χ3v) is 3.32. The van der Waals surface area contributed by atoms with Crippen LogP contribution in [0.5, 0.6) is 0 Å². The smallest absolute Gasteiger partial charge is 0.227 e. The molecule has 0 fully saturated rings. The summed E-state index contributed by atoms with van der Waals surface area (Å²) in [5.74, 6) is -0.0903. The Morgan fingerprint density at radius 3 is 2.96 bits per heavy atom. The van der Waals surface area contributed by atoms with E-state index in [0.29, 0.717) is 17.4 Å². The van der Waals surface area contributed by atoms with Crippen molar-refractivity contribution >= 4 is 11.6 Å². The molecule has 0 radical (unpaired) electrons. The second-order valence-electron chi connectivity index (χ2n) is 5.26. The van der Waals surface area contributed by atoms with E-state index in [-0.39, 0.29) is 24.4 Å². The first-order valence-corrected chi connectivity index (χ1v) is 7.42. The number of benzene rings is 1. The zero-order valence-corrected chi connectivity index (χ0v) is 13.0. The van der Waals surface area contributed by atoms with Crippen molar-refractivity contribution in [3.63, 3.8) is 0 Å². The van der Waals surface area contributed by atoms with Crippen molar-refractivity contribution in [1.29, 1.82) is 0 Å². The summed E-state index contributed by atoms with van der Waals surface area (Å²) in [5.41, 5.74) is 1.63. The van der Waals surface area contributed by atoms with Gasteiger partial charge in [0, 0.05) is 19.0 Å². The molecular weight excluding hydrogens is 311 g/mol. The second-order valence-corrected chi connectivity index (χ2v) is 5.26. The maximum absolute atomic E-state index is 13.6. The van der Waals surface area contributed by atoms with Crippen LogP contribution in [0.1, 0.15) is 17.9 Å². The topological polar surface area (TPSA) is 80.9 Å². The quantitative estimate of drug-likeness (QED) is 0.779. The highest BCUT2D eigenvalue weighted by molar-refractivity contribution is 5.91. The summed E-state index contributed by atoms with van der Waals surface area (Å²) in [6.07, 6.45) is 2.01. The van der Waals surface area contributed by atoms with E-state index >= 15 is 0 Å². The number of nitrogens with one attached hydrogen (secondary N) is 1. The lowest BCUT2D eigenvalue weighted by Crippen LogP contribution is -2.13. The lowest BCUT2D eigenvalue weighted by Gasteiger charge is -2.06. The molecule has 7 heteroatoms. The zero-order chi connectivity index (χ0) is 16.9. The molecule has 2 heterocycles. The minimum absolute atomic E-state index is 0.108. The average molecular weight is 326 g/mol. The standard InChI is InChI=1S/C17H15FN4O2/c1-11-5-6-12(18)14(10-11)20-15(23)7-8-16-21-17(22-24-16)13-4-2-3-9-19-13/h2-6,9-10H,7-8H2,1H3,(H,20,23). The van der Waals surface area contributed by atoms with E-state index in [2.05, 4.69) is 20.4 Å². The molecule has 6 nitrogen and oxygen atoms in total. The maximum Gasteiger partial charge on any atom is 0.227 e. The Morgan fingerprint density at radius 1 is 1.29 bits per heavy atom. The molecule has 0 saturated carbocycles. The number of halogens is 1. The molecule has 0 unspecified atom stereocenters. The van der Waals surface area contributed by atoms with E-state index in [9.17, 15) is 9.18 Å². The normalized spacial score (nSPS) is 10.6. The Hall–Kier alpha value is -3.09. The van der Waals surface area contributed by atoms with E-state index in [1.54, 1.807) is 30.5 Å². The van der Waals surface area contributed by atoms with Gasteiger partial charge in [-0.15, -0.1) is 0 Å². The van der Waals surface area contributed by atoms with Gasteiger partial charge in [0.05, 0.1) is 5.69 Å². The van der Waals surface area contributed by atoms with Crippen LogP contribution in [0.3, 0.4) is 0 Å². The van der Waals surface area contributed by atoms with Crippen molar-refractivity contribution in [3.8, 4) is 11.5 Å². The second kappa shape index (κ2) is 6.99. The fourth-order valence-electron chi connectivity index (χ4n) is 2.12. The van der Waals surface area contributed by atoms with Crippen LogP contribution in [0, 0.1) is 12.7 Å². The van der Waals surface area contributed by atoms with E-state index in [4.69, 9.17) is 4.52 Å². The van der Waals surface area contributed by atoms with Crippen LogP contribution >= 0.6 is 0 Å². The largest absolute Gasteiger partial charge is 0.339 e. The predicted octanol–water partition coefficient (Wildman–Crippen LogP) is 3.15. The molecule has 122 valence electrons. The van der Waals surface area contributed by atoms with Crippen LogP contribution in [-0.4, -0.2) is 21.0 Å². The Balaban J connectivity index is 1.59. The summed E-state index contributed by atoms with van der Waals surface area (Å²) in [7, 11) is 0. The molecule has 2 aromatic heterocycles. The lowest BCUT2D eigenvalue weighted by atomic mass is 10.2. The van der Waals surface area contributed by atoms with Gasteiger partial charge in [0.2, 0.25) is 17.6 Å². The summed E-state index contributed by atoms with van der Waals surface area (Å²) in [6, 6.07) is 9.92. The molecule has 0 spiro atoms. The molecule has 0 aliphatic carbocycles. The van der Waals surface area contributed by atoms with Crippen LogP contribution in [0.15, 0.2) is 47.1 Å². The fourth-order valence-corrected chi connectivity index (χ4v) is 2.12. The first-order valence-electron chi connectivity index (χ1n) is 7.42. The molecule has 0 atom stereocenters. The number of hydrogen-bond acceptors (Lipinski definition) is 5. The van der Waals surface area contributed by atoms with E-state index in [0.717, 1.165) is 5.56 Å². The predicted molar refractivity (Wildman–Crippen MR) is 85.6 cm³/mol. The van der Waals surface area contributed by atoms with Crippen LogP contribution in [0.2, 0.25) is 0 Å². The lowest BCUT2D eigenvalue weighted by molar-refractivity contribution is -0.116. The first-order chi connectivity index (χ1) is 11.6. The number of hydrogen-bond donors (Lipinski definition) is 1. The van der Waals surface area contributed by atoms with Crippen molar-refractivity contribution in [2.24, 2.45) is 0 Å². The summed E-state index contributed by atoms with van der Waals surface area (Å²) < 4.78 is 18.7. The molecular formula is C17H15FN4O2. The summed E-state index contributed by atoms with van der Waals surface area (Å²) in [4.78, 5) is 20.3. The molecule has 1 N–H and O–H groups in total. The Kier molecular flexibility index (Phi) is 4.60. The van der Waals surface area contributed by atoms with Crippen LogP contribution < -0.4 is 5.32 Å². The Bertz CT molecular complexity index is 849. The van der Waals surface area contributed by atoms with Gasteiger partial charge in [0.25, 0.3) is 0 Å². The number of nitrogens with zero attached hydrogens (tertiary/aromatic N) is 3. The van der Waals surface area contributed by atoms with Crippen molar-refractivity contribution in [2.75, 3.05) is 5.32 Å². The van der Waals surface area contributed by atoms with E-state index in [1.807, 2.05) is 13.0 Å². The Labute approximate surface area is 137 Å². The van der Waals surface area contributed by atoms with Crippen molar-refractivity contribution in [2.45, 2.75) is 19.8 Å². The molecule has 0 aliphatic heterocycles. The number of rotatable bonds is 5. The fraction of sp³-hybridized carbons (Fsp3) is 0.176. The average Bonchev–Trinajstić information content (AvgIpc) is 3.06. The van der Waals surface area contributed by atoms with Crippen molar-refractivity contribution in [1.82, 2.24) is 15.1 Å². The van der Waals surface area contributed by atoms with Gasteiger partial charge in [-0.05, 0) is 36.8 Å². The molecule has 3 aromatic rings. The molecule has 0 bridgehead atoms. The number of carbonyl (C=O) groups is 1. The summed E-state index contributed by atoms with van der Waals surface area (Å²) >= 11 is 0. The van der Waals surface area contributed by atoms with Gasteiger partial charge < -0.3 is 9.84 Å². The Morgan fingerprint density at radius 2 is 2.17 bits per heavy atom. The van der Waals surface area contributed by atoms with Crippen LogP contribution in [-0.2, 0) is 11.2 Å². The number of pyridine rings is 1. The van der Waals surface area contributed by atoms with Crippen LogP contribution in [0.25, 0.3) is 11.5 Å². The minimum atomic E-state index is -0.468. The number of amides is 1. The molecule has 1 aromatic carbocycles. The molecule has 0 saturated heterocycles. The monoisotopic (exact) mass is 326 g/mol. The minimum Gasteiger partial charge on any atom is -0.339 e. The third kappa shape index (κ3) is 3.81. The van der Waals surface area contributed by atoms with Crippen LogP contribution in [0.4, 0.5) is 10.1 Å². The van der Waals surface area contributed by atoms with Gasteiger partial charge in [-0.2, -0.15) is 4.98 Å². The summed E-state index contributed by atoms with van der Waals surface area (Å²) in [5, 5.41) is 6.38. The number of carbonyl (C=O) groups excluding carboxylic acids is 1. The highest BCUT2D eigenvalue weighted by Crippen LogP contribution is 2.16. The van der Waals surface area contributed by atoms with Crippen molar-refractivity contribution in [3.05, 3.63) is 59.9 Å². The zero-order valence-electron chi connectivity index (χ0n) is 13.0. The van der Waals surface area contributed by atoms with Gasteiger partial charge in [0.15, 0.2) is 0 Å². The van der Waals surface area contributed by atoms with Crippen molar-refractivity contribution < 1.29 is 13.7 Å². The van der Waals surface area contributed by atoms with E-state index in [1.165, 1.54) is 6.07 Å². The maximum atomic E-state index is 13.6. The SMILES string of the molecule is Cc1ccc(F)c(NC(=O)CCc2nc(-c3ccccn3)no2)c1. The number of aryl methyl sites for hydroxylation is 2.